The van der Waals surface area contributed by atoms with Gasteiger partial charge in [-0.25, -0.2) is 0 Å². The number of imidazole rings is 1. The Morgan fingerprint density at radius 3 is 2.85 bits per heavy atom. The van der Waals surface area contributed by atoms with E-state index in [1.807, 2.05) is 13.8 Å². The van der Waals surface area contributed by atoms with Crippen molar-refractivity contribution in [3.05, 3.63) is 17.7 Å². The maximum atomic E-state index is 5.74. The smallest absolute Gasteiger partial charge is 0.269 e. The Hall–Kier alpha value is -1.23. The van der Waals surface area contributed by atoms with Crippen LogP contribution in [0.3, 0.4) is 0 Å². The third-order valence-corrected chi connectivity index (χ3v) is 1.77. The minimum atomic E-state index is 0.0895. The lowest BCUT2D eigenvalue weighted by Crippen LogP contribution is -2.18. The molecule has 2 rings (SSSR count). The molecule has 2 aromatic heterocycles. The van der Waals surface area contributed by atoms with Crippen LogP contribution in [0.15, 0.2) is 12.4 Å². The number of hydrogen-bond donors (Lipinski definition) is 0. The second-order valence-corrected chi connectivity index (χ2v) is 3.26. The van der Waals surface area contributed by atoms with Crippen molar-refractivity contribution in [2.24, 2.45) is 0 Å². The molecular formula is C7H9ClN4O. The average Bonchev–Trinajstić information content (AvgIpc) is 2.56. The molecule has 0 unspecified atom stereocenters. The second kappa shape index (κ2) is 2.92. The Bertz CT molecular complexity index is 419. The molecule has 0 radical (unpaired) electrons. The van der Waals surface area contributed by atoms with Crippen molar-refractivity contribution in [1.29, 1.82) is 0 Å². The van der Waals surface area contributed by atoms with Gasteiger partial charge in [0, 0.05) is 6.20 Å². The van der Waals surface area contributed by atoms with Gasteiger partial charge in [-0.15, -0.1) is 10.2 Å². The monoisotopic (exact) mass is 200 g/mol. The summed E-state index contributed by atoms with van der Waals surface area (Å²) >= 11 is 5.74. The summed E-state index contributed by atoms with van der Waals surface area (Å²) < 4.78 is 3.19. The van der Waals surface area contributed by atoms with E-state index < -0.39 is 0 Å². The van der Waals surface area contributed by atoms with Gasteiger partial charge in [-0.3, -0.25) is 4.40 Å². The first-order valence-corrected chi connectivity index (χ1v) is 4.31. The van der Waals surface area contributed by atoms with E-state index in [0.29, 0.717) is 11.1 Å². The SMILES string of the molecule is CC(C)On1ccn2c(Cl)nnc12. The van der Waals surface area contributed by atoms with Crippen molar-refractivity contribution in [2.75, 3.05) is 0 Å². The van der Waals surface area contributed by atoms with Crippen molar-refractivity contribution in [3.63, 3.8) is 0 Å². The van der Waals surface area contributed by atoms with Gasteiger partial charge in [0.25, 0.3) is 5.78 Å². The molecule has 0 aromatic carbocycles. The number of halogens is 1. The average molecular weight is 201 g/mol. The van der Waals surface area contributed by atoms with Gasteiger partial charge >= 0.3 is 0 Å². The zero-order chi connectivity index (χ0) is 9.42. The molecule has 13 heavy (non-hydrogen) atoms. The van der Waals surface area contributed by atoms with Crippen molar-refractivity contribution in [2.45, 2.75) is 20.0 Å². The molecular weight excluding hydrogens is 192 g/mol. The fraction of sp³-hybridized carbons (Fsp3) is 0.429. The summed E-state index contributed by atoms with van der Waals surface area (Å²) in [6.45, 7) is 3.88. The highest BCUT2D eigenvalue weighted by Crippen LogP contribution is 2.08. The first kappa shape index (κ1) is 8.37. The van der Waals surface area contributed by atoms with Gasteiger partial charge in [0.05, 0.1) is 6.20 Å². The molecule has 0 saturated heterocycles. The molecule has 0 spiro atoms. The van der Waals surface area contributed by atoms with Crippen LogP contribution in [0.1, 0.15) is 13.8 Å². The van der Waals surface area contributed by atoms with E-state index in [2.05, 4.69) is 10.2 Å². The van der Waals surface area contributed by atoms with E-state index in [1.54, 1.807) is 21.5 Å². The quantitative estimate of drug-likeness (QED) is 0.727. The molecule has 2 aromatic rings. The van der Waals surface area contributed by atoms with Gasteiger partial charge in [-0.1, -0.05) is 0 Å². The lowest BCUT2D eigenvalue weighted by Gasteiger charge is -2.08. The Kier molecular flexibility index (Phi) is 1.88. The van der Waals surface area contributed by atoms with Crippen LogP contribution in [0.2, 0.25) is 5.28 Å². The molecule has 5 nitrogen and oxygen atoms in total. The lowest BCUT2D eigenvalue weighted by molar-refractivity contribution is 0.0666. The van der Waals surface area contributed by atoms with Crippen LogP contribution < -0.4 is 4.84 Å². The number of nitrogens with zero attached hydrogens (tertiary/aromatic N) is 4. The maximum absolute atomic E-state index is 5.74. The van der Waals surface area contributed by atoms with E-state index in [9.17, 15) is 0 Å². The summed E-state index contributed by atoms with van der Waals surface area (Å²) in [5.41, 5.74) is 0. The van der Waals surface area contributed by atoms with Crippen molar-refractivity contribution in [1.82, 2.24) is 19.3 Å². The first-order chi connectivity index (χ1) is 6.18. The molecule has 0 bridgehead atoms. The van der Waals surface area contributed by atoms with Crippen molar-refractivity contribution < 1.29 is 4.84 Å². The molecule has 0 atom stereocenters. The van der Waals surface area contributed by atoms with Crippen LogP contribution in [-0.2, 0) is 0 Å². The third-order valence-electron chi connectivity index (χ3n) is 1.51. The second-order valence-electron chi connectivity index (χ2n) is 2.92. The molecule has 70 valence electrons. The van der Waals surface area contributed by atoms with Crippen LogP contribution in [-0.4, -0.2) is 25.4 Å². The minimum Gasteiger partial charge on any atom is -0.408 e. The Morgan fingerprint density at radius 2 is 2.15 bits per heavy atom. The maximum Gasteiger partial charge on any atom is 0.269 e. The van der Waals surface area contributed by atoms with Crippen LogP contribution in [0.5, 0.6) is 0 Å². The number of fused-ring (bicyclic) bond motifs is 1. The fourth-order valence-corrected chi connectivity index (χ4v) is 1.22. The van der Waals surface area contributed by atoms with Crippen LogP contribution in [0, 0.1) is 0 Å². The van der Waals surface area contributed by atoms with Crippen LogP contribution in [0.4, 0.5) is 0 Å². The predicted molar refractivity (Wildman–Crippen MR) is 47.7 cm³/mol. The molecule has 0 aliphatic carbocycles. The van der Waals surface area contributed by atoms with Gasteiger partial charge in [0.1, 0.15) is 6.10 Å². The first-order valence-electron chi connectivity index (χ1n) is 3.93. The third kappa shape index (κ3) is 1.35. The lowest BCUT2D eigenvalue weighted by atomic mass is 10.5. The van der Waals surface area contributed by atoms with Gasteiger partial charge in [-0.05, 0) is 25.4 Å². The Balaban J connectivity index is 2.46. The summed E-state index contributed by atoms with van der Waals surface area (Å²) in [4.78, 5) is 5.42. The van der Waals surface area contributed by atoms with E-state index in [4.69, 9.17) is 16.4 Å². The van der Waals surface area contributed by atoms with Gasteiger partial charge in [0.15, 0.2) is 0 Å². The molecule has 0 aliphatic heterocycles. The highest BCUT2D eigenvalue weighted by Gasteiger charge is 2.08. The predicted octanol–water partition coefficient (Wildman–Crippen LogP) is 1.02. The van der Waals surface area contributed by atoms with Crippen molar-refractivity contribution in [3.8, 4) is 0 Å². The molecule has 0 aliphatic rings. The Labute approximate surface area is 79.8 Å². The summed E-state index contributed by atoms with van der Waals surface area (Å²) in [5.74, 6) is 0.582. The summed E-state index contributed by atoms with van der Waals surface area (Å²) in [6.07, 6.45) is 3.59. The molecule has 0 saturated carbocycles. The molecule has 2 heterocycles. The topological polar surface area (TPSA) is 44.4 Å². The summed E-state index contributed by atoms with van der Waals surface area (Å²) in [6, 6.07) is 0. The number of rotatable bonds is 2. The van der Waals surface area contributed by atoms with Gasteiger partial charge < -0.3 is 4.84 Å². The van der Waals surface area contributed by atoms with Crippen LogP contribution >= 0.6 is 11.6 Å². The van der Waals surface area contributed by atoms with E-state index in [1.165, 1.54) is 0 Å². The fourth-order valence-electron chi connectivity index (χ4n) is 1.05. The van der Waals surface area contributed by atoms with E-state index >= 15 is 0 Å². The molecule has 0 fully saturated rings. The highest BCUT2D eigenvalue weighted by molar-refractivity contribution is 6.28. The van der Waals surface area contributed by atoms with E-state index in [0.717, 1.165) is 0 Å². The molecule has 0 N–H and O–H groups in total. The zero-order valence-corrected chi connectivity index (χ0v) is 8.06. The van der Waals surface area contributed by atoms with Gasteiger partial charge in [0.2, 0.25) is 5.28 Å². The zero-order valence-electron chi connectivity index (χ0n) is 7.31. The van der Waals surface area contributed by atoms with Crippen LogP contribution in [0.25, 0.3) is 5.78 Å². The molecule has 0 amide bonds. The Morgan fingerprint density at radius 1 is 1.38 bits per heavy atom. The van der Waals surface area contributed by atoms with Crippen molar-refractivity contribution >= 4 is 17.4 Å². The summed E-state index contributed by atoms with van der Waals surface area (Å²) in [5, 5.41) is 7.89. The summed E-state index contributed by atoms with van der Waals surface area (Å²) in [7, 11) is 0. The number of hydrogen-bond acceptors (Lipinski definition) is 3. The standard InChI is InChI=1S/C7H9ClN4O/c1-5(2)13-12-4-3-11-6(8)9-10-7(11)12/h3-5H,1-2H3. The van der Waals surface area contributed by atoms with Gasteiger partial charge in [-0.2, -0.15) is 4.73 Å². The minimum absolute atomic E-state index is 0.0895. The van der Waals surface area contributed by atoms with E-state index in [-0.39, 0.29) is 6.10 Å². The number of aromatic nitrogens is 4. The largest absolute Gasteiger partial charge is 0.408 e. The highest BCUT2D eigenvalue weighted by atomic mass is 35.5. The normalized spacial score (nSPS) is 11.4. The molecule has 6 heteroatoms.